The molecule has 0 amide bonds. The first-order chi connectivity index (χ1) is 10.6. The van der Waals surface area contributed by atoms with Gasteiger partial charge >= 0.3 is 0 Å². The zero-order valence-electron chi connectivity index (χ0n) is 14.2. The monoisotopic (exact) mass is 293 g/mol. The van der Waals surface area contributed by atoms with E-state index in [9.17, 15) is 5.26 Å². The lowest BCUT2D eigenvalue weighted by atomic mass is 9.54. The lowest BCUT2D eigenvalue weighted by Crippen LogP contribution is -2.41. The maximum absolute atomic E-state index is 9.29. The maximum atomic E-state index is 9.29. The van der Waals surface area contributed by atoms with Gasteiger partial charge < -0.3 is 0 Å². The third kappa shape index (κ3) is 1.76. The quantitative estimate of drug-likeness (QED) is 0.631. The van der Waals surface area contributed by atoms with Gasteiger partial charge in [0.05, 0.1) is 11.6 Å². The summed E-state index contributed by atoms with van der Waals surface area (Å²) >= 11 is 0. The lowest BCUT2D eigenvalue weighted by Gasteiger charge is -2.51. The van der Waals surface area contributed by atoms with Crippen molar-refractivity contribution in [1.82, 2.24) is 0 Å². The van der Waals surface area contributed by atoms with Gasteiger partial charge in [-0.3, -0.25) is 0 Å². The molecule has 3 unspecified atom stereocenters. The van der Waals surface area contributed by atoms with E-state index in [1.165, 1.54) is 49.7 Å². The first kappa shape index (κ1) is 14.3. The minimum absolute atomic E-state index is 0.598. The summed E-state index contributed by atoms with van der Waals surface area (Å²) in [6.45, 7) is 7.22. The summed E-state index contributed by atoms with van der Waals surface area (Å²) in [7, 11) is 0. The minimum atomic E-state index is 0.598. The van der Waals surface area contributed by atoms with Gasteiger partial charge in [0.2, 0.25) is 0 Å². The fraction of sp³-hybridized carbons (Fsp3) is 0.667. The molecule has 116 valence electrons. The molecule has 0 spiro atoms. The Bertz CT molecular complexity index is 653. The van der Waals surface area contributed by atoms with Crippen LogP contribution in [0.3, 0.4) is 0 Å². The molecule has 0 aromatic heterocycles. The Labute approximate surface area is 134 Å². The Balaban J connectivity index is 1.74. The van der Waals surface area contributed by atoms with Crippen molar-refractivity contribution in [1.29, 1.82) is 5.26 Å². The minimum Gasteiger partial charge on any atom is -0.192 e. The second kappa shape index (κ2) is 4.85. The maximum Gasteiger partial charge on any atom is 0.0994 e. The topological polar surface area (TPSA) is 23.8 Å². The molecule has 2 saturated carbocycles. The molecule has 0 aliphatic heterocycles. The molecular formula is C21H27N. The van der Waals surface area contributed by atoms with Gasteiger partial charge in [0, 0.05) is 0 Å². The highest BCUT2D eigenvalue weighted by Crippen LogP contribution is 2.62. The summed E-state index contributed by atoms with van der Waals surface area (Å²) in [5.74, 6) is 3.50. The highest BCUT2D eigenvalue weighted by molar-refractivity contribution is 5.49. The van der Waals surface area contributed by atoms with Crippen molar-refractivity contribution in [3.8, 4) is 6.07 Å². The molecule has 1 aromatic rings. The highest BCUT2D eigenvalue weighted by atomic mass is 14.6. The predicted molar refractivity (Wildman–Crippen MR) is 89.7 cm³/mol. The molecule has 0 saturated heterocycles. The van der Waals surface area contributed by atoms with Gasteiger partial charge in [-0.2, -0.15) is 5.26 Å². The van der Waals surface area contributed by atoms with E-state index < -0.39 is 0 Å². The van der Waals surface area contributed by atoms with Gasteiger partial charge in [-0.05, 0) is 97.3 Å². The summed E-state index contributed by atoms with van der Waals surface area (Å²) in [5.41, 5.74) is 5.84. The highest BCUT2D eigenvalue weighted by Gasteiger charge is 2.53. The van der Waals surface area contributed by atoms with E-state index in [-0.39, 0.29) is 0 Å². The molecule has 3 aliphatic carbocycles. The second-order valence-electron chi connectivity index (χ2n) is 8.36. The van der Waals surface area contributed by atoms with Crippen LogP contribution in [-0.4, -0.2) is 0 Å². The zero-order chi connectivity index (χ0) is 15.5. The third-order valence-corrected chi connectivity index (χ3v) is 7.79. The van der Waals surface area contributed by atoms with Gasteiger partial charge in [-0.1, -0.05) is 19.9 Å². The number of nitriles is 1. The molecule has 22 heavy (non-hydrogen) atoms. The molecular weight excluding hydrogens is 266 g/mol. The Morgan fingerprint density at radius 1 is 1.18 bits per heavy atom. The fourth-order valence-corrected chi connectivity index (χ4v) is 6.23. The number of hydrogen-bond donors (Lipinski definition) is 0. The third-order valence-electron chi connectivity index (χ3n) is 7.79. The van der Waals surface area contributed by atoms with E-state index in [1.54, 1.807) is 5.56 Å². The Morgan fingerprint density at radius 3 is 2.77 bits per heavy atom. The van der Waals surface area contributed by atoms with Crippen LogP contribution in [-0.2, 0) is 6.42 Å². The van der Waals surface area contributed by atoms with Crippen LogP contribution in [0.1, 0.15) is 74.1 Å². The zero-order valence-corrected chi connectivity index (χ0v) is 14.2. The number of nitrogens with zero attached hydrogens (tertiary/aromatic N) is 1. The van der Waals surface area contributed by atoms with Gasteiger partial charge in [-0.15, -0.1) is 0 Å². The molecule has 5 atom stereocenters. The number of rotatable bonds is 0. The van der Waals surface area contributed by atoms with E-state index in [0.717, 1.165) is 29.2 Å². The molecule has 3 aliphatic rings. The van der Waals surface area contributed by atoms with Crippen molar-refractivity contribution in [2.75, 3.05) is 0 Å². The van der Waals surface area contributed by atoms with Crippen LogP contribution in [0.4, 0.5) is 0 Å². The van der Waals surface area contributed by atoms with Crippen molar-refractivity contribution in [3.05, 3.63) is 34.4 Å². The average Bonchev–Trinajstić information content (AvgIpc) is 2.83. The van der Waals surface area contributed by atoms with Crippen molar-refractivity contribution in [3.63, 3.8) is 0 Å². The van der Waals surface area contributed by atoms with Crippen LogP contribution in [0, 0.1) is 41.4 Å². The summed E-state index contributed by atoms with van der Waals surface area (Å²) in [6.07, 6.45) is 8.19. The molecule has 4 rings (SSSR count). The van der Waals surface area contributed by atoms with Crippen LogP contribution in [0.2, 0.25) is 0 Å². The molecule has 1 aromatic carbocycles. The van der Waals surface area contributed by atoms with Crippen molar-refractivity contribution >= 4 is 0 Å². The van der Waals surface area contributed by atoms with E-state index in [0.29, 0.717) is 5.41 Å². The predicted octanol–water partition coefficient (Wildman–Crippen LogP) is 5.36. The van der Waals surface area contributed by atoms with Crippen LogP contribution in [0.15, 0.2) is 12.1 Å². The van der Waals surface area contributed by atoms with Gasteiger partial charge in [-0.25, -0.2) is 0 Å². The normalized spacial score (nSPS) is 39.5. The molecule has 0 radical (unpaired) electrons. The van der Waals surface area contributed by atoms with Crippen molar-refractivity contribution in [2.45, 2.75) is 65.2 Å². The lowest BCUT2D eigenvalue weighted by molar-refractivity contribution is 0.0336. The van der Waals surface area contributed by atoms with E-state index >= 15 is 0 Å². The molecule has 0 heterocycles. The van der Waals surface area contributed by atoms with Gasteiger partial charge in [0.25, 0.3) is 0 Å². The summed E-state index contributed by atoms with van der Waals surface area (Å²) < 4.78 is 0. The van der Waals surface area contributed by atoms with Crippen LogP contribution in [0.25, 0.3) is 0 Å². The van der Waals surface area contributed by atoms with Crippen LogP contribution < -0.4 is 0 Å². The Hall–Kier alpha value is -1.29. The first-order valence-corrected chi connectivity index (χ1v) is 9.08. The van der Waals surface area contributed by atoms with Crippen molar-refractivity contribution < 1.29 is 0 Å². The average molecular weight is 293 g/mol. The fourth-order valence-electron chi connectivity index (χ4n) is 6.23. The summed E-state index contributed by atoms with van der Waals surface area (Å²) in [5, 5.41) is 9.29. The Morgan fingerprint density at radius 2 is 2.00 bits per heavy atom. The number of benzene rings is 1. The van der Waals surface area contributed by atoms with Gasteiger partial charge in [0.1, 0.15) is 0 Å². The second-order valence-corrected chi connectivity index (χ2v) is 8.36. The van der Waals surface area contributed by atoms with E-state index in [2.05, 4.69) is 39.0 Å². The van der Waals surface area contributed by atoms with Gasteiger partial charge in [0.15, 0.2) is 0 Å². The first-order valence-electron chi connectivity index (χ1n) is 9.08. The molecule has 2 fully saturated rings. The van der Waals surface area contributed by atoms with Crippen molar-refractivity contribution in [2.24, 2.45) is 23.2 Å². The summed E-state index contributed by atoms with van der Waals surface area (Å²) in [4.78, 5) is 0. The molecule has 1 nitrogen and oxygen atoms in total. The number of hydrogen-bond acceptors (Lipinski definition) is 1. The van der Waals surface area contributed by atoms with Crippen LogP contribution >= 0.6 is 0 Å². The van der Waals surface area contributed by atoms with E-state index in [4.69, 9.17) is 0 Å². The Kier molecular flexibility index (Phi) is 3.16. The molecule has 1 heteroatoms. The van der Waals surface area contributed by atoms with Crippen LogP contribution in [0.5, 0.6) is 0 Å². The summed E-state index contributed by atoms with van der Waals surface area (Å²) in [6, 6.07) is 6.73. The van der Waals surface area contributed by atoms with E-state index in [1.807, 2.05) is 0 Å². The molecule has 0 bridgehead atoms. The standard InChI is InChI=1S/C21H27N/c1-13-4-9-20-19-8-7-16-14(2)15(12-22)5-6-17(16)18(19)10-11-21(13,20)3/h5-6,13,18-20H,4,7-11H2,1-3H3/t13-,18?,19?,20?,21+/m0/s1. The number of fused-ring (bicyclic) bond motifs is 5. The largest absolute Gasteiger partial charge is 0.192 e. The smallest absolute Gasteiger partial charge is 0.0994 e. The SMILES string of the molecule is Cc1c(C#N)ccc2c1CCC1C2CC[C@@]2(C)C1CC[C@@H]2C. The molecule has 0 N–H and O–H groups in total.